The fraction of sp³-hybridized carbons (Fsp3) is 0.500. The number of anilines is 1. The highest BCUT2D eigenvalue weighted by atomic mass is 32.1. The fourth-order valence-electron chi connectivity index (χ4n) is 2.20. The van der Waals surface area contributed by atoms with Gasteiger partial charge in [0.05, 0.1) is 10.2 Å². The number of hydrogen-bond donors (Lipinski definition) is 0. The van der Waals surface area contributed by atoms with Gasteiger partial charge in [-0.3, -0.25) is 9.69 Å². The van der Waals surface area contributed by atoms with Gasteiger partial charge in [-0.1, -0.05) is 30.4 Å². The van der Waals surface area contributed by atoms with Crippen LogP contribution in [0.4, 0.5) is 5.13 Å². The number of nitrogens with zero attached hydrogens (tertiary/aromatic N) is 3. The summed E-state index contributed by atoms with van der Waals surface area (Å²) in [7, 11) is 4.10. The van der Waals surface area contributed by atoms with Gasteiger partial charge in [0, 0.05) is 13.0 Å². The lowest BCUT2D eigenvalue weighted by atomic mass is 10.3. The molecule has 0 saturated heterocycles. The van der Waals surface area contributed by atoms with Gasteiger partial charge in [0.1, 0.15) is 0 Å². The topological polar surface area (TPSA) is 36.4 Å². The van der Waals surface area contributed by atoms with E-state index in [-0.39, 0.29) is 5.91 Å². The number of amides is 1. The van der Waals surface area contributed by atoms with Gasteiger partial charge >= 0.3 is 0 Å². The van der Waals surface area contributed by atoms with Crippen molar-refractivity contribution in [1.29, 1.82) is 0 Å². The monoisotopic (exact) mass is 305 g/mol. The van der Waals surface area contributed by atoms with E-state index in [1.165, 1.54) is 0 Å². The van der Waals surface area contributed by atoms with Crippen LogP contribution >= 0.6 is 11.3 Å². The molecule has 0 radical (unpaired) electrons. The lowest BCUT2D eigenvalue weighted by Gasteiger charge is -2.20. The van der Waals surface area contributed by atoms with Crippen molar-refractivity contribution >= 4 is 32.6 Å². The van der Waals surface area contributed by atoms with E-state index in [1.807, 2.05) is 30.0 Å². The summed E-state index contributed by atoms with van der Waals surface area (Å²) in [6.07, 6.45) is 2.41. The molecule has 0 bridgehead atoms. The molecule has 0 saturated carbocycles. The van der Waals surface area contributed by atoms with Crippen LogP contribution in [-0.4, -0.2) is 43.0 Å². The number of thiazole rings is 1. The lowest BCUT2D eigenvalue weighted by molar-refractivity contribution is -0.118. The van der Waals surface area contributed by atoms with E-state index in [0.29, 0.717) is 6.42 Å². The van der Waals surface area contributed by atoms with E-state index in [4.69, 9.17) is 0 Å². The molecular weight excluding hydrogens is 282 g/mol. The molecule has 0 aliphatic carbocycles. The molecule has 0 spiro atoms. The molecule has 1 aromatic heterocycles. The van der Waals surface area contributed by atoms with Crippen molar-refractivity contribution in [3.63, 3.8) is 0 Å². The van der Waals surface area contributed by atoms with Gasteiger partial charge in [-0.2, -0.15) is 0 Å². The first-order valence-electron chi connectivity index (χ1n) is 7.42. The van der Waals surface area contributed by atoms with Crippen molar-refractivity contribution in [2.24, 2.45) is 0 Å². The number of benzene rings is 1. The molecule has 2 rings (SSSR count). The highest BCUT2D eigenvalue weighted by molar-refractivity contribution is 7.22. The molecule has 0 unspecified atom stereocenters. The van der Waals surface area contributed by atoms with Crippen LogP contribution < -0.4 is 4.90 Å². The molecule has 0 aliphatic heterocycles. The molecule has 0 aliphatic rings. The van der Waals surface area contributed by atoms with E-state index in [9.17, 15) is 4.79 Å². The van der Waals surface area contributed by atoms with E-state index in [2.05, 4.69) is 30.0 Å². The zero-order valence-corrected chi connectivity index (χ0v) is 13.8. The minimum atomic E-state index is 0.176. The van der Waals surface area contributed by atoms with Gasteiger partial charge in [-0.15, -0.1) is 0 Å². The predicted molar refractivity (Wildman–Crippen MR) is 90.1 cm³/mol. The largest absolute Gasteiger partial charge is 0.309 e. The van der Waals surface area contributed by atoms with Crippen LogP contribution in [0.15, 0.2) is 24.3 Å². The van der Waals surface area contributed by atoms with E-state index in [0.717, 1.165) is 41.3 Å². The van der Waals surface area contributed by atoms with Gasteiger partial charge in [0.2, 0.25) is 5.91 Å². The van der Waals surface area contributed by atoms with Crippen LogP contribution in [0.25, 0.3) is 10.2 Å². The van der Waals surface area contributed by atoms with Crippen molar-refractivity contribution in [3.8, 4) is 0 Å². The quantitative estimate of drug-likeness (QED) is 0.787. The van der Waals surface area contributed by atoms with Gasteiger partial charge in [-0.25, -0.2) is 4.98 Å². The first-order valence-corrected chi connectivity index (χ1v) is 8.24. The van der Waals surface area contributed by atoms with Crippen molar-refractivity contribution in [3.05, 3.63) is 24.3 Å². The zero-order chi connectivity index (χ0) is 15.2. The van der Waals surface area contributed by atoms with Crippen LogP contribution in [-0.2, 0) is 4.79 Å². The second kappa shape index (κ2) is 7.52. The Balaban J connectivity index is 2.18. The Morgan fingerprint density at radius 1 is 1.24 bits per heavy atom. The number of para-hydroxylation sites is 1. The summed E-state index contributed by atoms with van der Waals surface area (Å²) in [5.74, 6) is 0.176. The maximum absolute atomic E-state index is 12.4. The number of carbonyl (C=O) groups excluding carboxylic acids is 1. The summed E-state index contributed by atoms with van der Waals surface area (Å²) in [6.45, 7) is 3.74. The molecular formula is C16H23N3OS. The molecule has 0 fully saturated rings. The van der Waals surface area contributed by atoms with Crippen LogP contribution in [0.2, 0.25) is 0 Å². The standard InChI is InChI=1S/C16H23N3OS/c1-4-8-15(20)19(12-7-11-18(2)3)16-17-13-9-5-6-10-14(13)21-16/h5-6,9-10H,4,7-8,11-12H2,1-3H3. The van der Waals surface area contributed by atoms with Gasteiger partial charge in [-0.05, 0) is 45.6 Å². The molecule has 2 aromatic rings. The van der Waals surface area contributed by atoms with E-state index >= 15 is 0 Å². The maximum atomic E-state index is 12.4. The SMILES string of the molecule is CCCC(=O)N(CCCN(C)C)c1nc2ccccc2s1. The second-order valence-electron chi connectivity index (χ2n) is 5.42. The smallest absolute Gasteiger partial charge is 0.228 e. The molecule has 0 N–H and O–H groups in total. The Morgan fingerprint density at radius 3 is 2.67 bits per heavy atom. The van der Waals surface area contributed by atoms with Crippen molar-refractivity contribution in [2.75, 3.05) is 32.1 Å². The average Bonchev–Trinajstić information content (AvgIpc) is 2.86. The van der Waals surface area contributed by atoms with Gasteiger partial charge in [0.25, 0.3) is 0 Å². The summed E-state index contributed by atoms with van der Waals surface area (Å²) in [5.41, 5.74) is 0.972. The first kappa shape index (κ1) is 15.9. The van der Waals surface area contributed by atoms with E-state index in [1.54, 1.807) is 11.3 Å². The van der Waals surface area contributed by atoms with Crippen LogP contribution in [0, 0.1) is 0 Å². The number of carbonyl (C=O) groups is 1. The number of fused-ring (bicyclic) bond motifs is 1. The Bertz CT molecular complexity index is 561. The second-order valence-corrected chi connectivity index (χ2v) is 6.43. The highest BCUT2D eigenvalue weighted by Gasteiger charge is 2.18. The normalized spacial score (nSPS) is 11.2. The molecule has 1 aromatic carbocycles. The summed E-state index contributed by atoms with van der Waals surface area (Å²) in [6, 6.07) is 8.04. The fourth-order valence-corrected chi connectivity index (χ4v) is 3.21. The average molecular weight is 305 g/mol. The number of hydrogen-bond acceptors (Lipinski definition) is 4. The van der Waals surface area contributed by atoms with Crippen molar-refractivity contribution < 1.29 is 4.79 Å². The van der Waals surface area contributed by atoms with Crippen molar-refractivity contribution in [2.45, 2.75) is 26.2 Å². The Morgan fingerprint density at radius 2 is 2.00 bits per heavy atom. The summed E-state index contributed by atoms with van der Waals surface area (Å²) in [5, 5.41) is 0.827. The summed E-state index contributed by atoms with van der Waals surface area (Å²) < 4.78 is 1.13. The molecule has 114 valence electrons. The highest BCUT2D eigenvalue weighted by Crippen LogP contribution is 2.29. The summed E-state index contributed by atoms with van der Waals surface area (Å²) >= 11 is 1.60. The third-order valence-corrected chi connectivity index (χ3v) is 4.32. The molecule has 0 atom stereocenters. The van der Waals surface area contributed by atoms with Crippen LogP contribution in [0.1, 0.15) is 26.2 Å². The molecule has 1 amide bonds. The van der Waals surface area contributed by atoms with E-state index < -0.39 is 0 Å². The van der Waals surface area contributed by atoms with Crippen LogP contribution in [0.3, 0.4) is 0 Å². The van der Waals surface area contributed by atoms with Crippen LogP contribution in [0.5, 0.6) is 0 Å². The maximum Gasteiger partial charge on any atom is 0.228 e. The third-order valence-electron chi connectivity index (χ3n) is 3.27. The zero-order valence-electron chi connectivity index (χ0n) is 13.0. The predicted octanol–water partition coefficient (Wildman–Crippen LogP) is 3.38. The molecule has 21 heavy (non-hydrogen) atoms. The molecule has 4 nitrogen and oxygen atoms in total. The first-order chi connectivity index (χ1) is 10.1. The minimum absolute atomic E-state index is 0.176. The Labute approximate surface area is 130 Å². The van der Waals surface area contributed by atoms with Gasteiger partial charge in [0.15, 0.2) is 5.13 Å². The van der Waals surface area contributed by atoms with Crippen molar-refractivity contribution in [1.82, 2.24) is 9.88 Å². The Kier molecular flexibility index (Phi) is 5.70. The Hall–Kier alpha value is -1.46. The minimum Gasteiger partial charge on any atom is -0.309 e. The number of rotatable bonds is 7. The summed E-state index contributed by atoms with van der Waals surface area (Å²) in [4.78, 5) is 21.0. The molecule has 5 heteroatoms. The lowest BCUT2D eigenvalue weighted by Crippen LogP contribution is -2.33. The third kappa shape index (κ3) is 4.25. The van der Waals surface area contributed by atoms with Gasteiger partial charge < -0.3 is 4.90 Å². The number of aromatic nitrogens is 1. The molecule has 1 heterocycles.